The van der Waals surface area contributed by atoms with Crippen molar-refractivity contribution in [1.82, 2.24) is 0 Å². The smallest absolute Gasteiger partial charge is 0.333 e. The van der Waals surface area contributed by atoms with E-state index in [4.69, 9.17) is 28.4 Å². The summed E-state index contributed by atoms with van der Waals surface area (Å²) >= 11 is 0. The number of epoxide rings is 1. The average Bonchev–Trinajstić information content (AvgIpc) is 3.64. The summed E-state index contributed by atoms with van der Waals surface area (Å²) < 4.78 is 35.7. The van der Waals surface area contributed by atoms with Crippen molar-refractivity contribution in [2.45, 2.75) is 111 Å². The van der Waals surface area contributed by atoms with Gasteiger partial charge in [0.1, 0.15) is 37.1 Å². The fourth-order valence-electron chi connectivity index (χ4n) is 7.84. The first-order valence-corrected chi connectivity index (χ1v) is 16.0. The van der Waals surface area contributed by atoms with E-state index in [1.54, 1.807) is 19.9 Å². The topological polar surface area (TPSA) is 144 Å². The molecule has 0 amide bonds. The van der Waals surface area contributed by atoms with Crippen LogP contribution in [-0.4, -0.2) is 73.6 Å². The Labute approximate surface area is 265 Å². The van der Waals surface area contributed by atoms with Crippen LogP contribution in [0.15, 0.2) is 23.3 Å². The van der Waals surface area contributed by atoms with E-state index in [-0.39, 0.29) is 37.4 Å². The Bertz CT molecular complexity index is 1260. The number of esters is 5. The molecule has 3 fully saturated rings. The monoisotopic (exact) mass is 632 g/mol. The maximum atomic E-state index is 13.4. The number of hydrogen-bond acceptors (Lipinski definition) is 11. The Morgan fingerprint density at radius 3 is 2.36 bits per heavy atom. The molecule has 250 valence electrons. The van der Waals surface area contributed by atoms with Crippen LogP contribution in [0.3, 0.4) is 0 Å². The highest BCUT2D eigenvalue weighted by atomic mass is 16.6. The predicted molar refractivity (Wildman–Crippen MR) is 160 cm³/mol. The molecule has 1 spiro atoms. The van der Waals surface area contributed by atoms with Crippen molar-refractivity contribution in [3.63, 3.8) is 0 Å². The molecule has 2 aliphatic carbocycles. The normalized spacial score (nSPS) is 35.3. The molecule has 9 atom stereocenters. The zero-order valence-corrected chi connectivity index (χ0v) is 27.8. The number of allylic oxidation sites excluding steroid dienone is 1. The lowest BCUT2D eigenvalue weighted by Crippen LogP contribution is -2.71. The second-order valence-corrected chi connectivity index (χ2v) is 13.5. The number of rotatable bonds is 11. The molecule has 0 aromatic heterocycles. The van der Waals surface area contributed by atoms with Crippen LogP contribution in [0.4, 0.5) is 0 Å². The van der Waals surface area contributed by atoms with Crippen molar-refractivity contribution in [3.05, 3.63) is 23.3 Å². The van der Waals surface area contributed by atoms with E-state index in [0.29, 0.717) is 43.4 Å². The number of carbonyl (C=O) groups excluding carboxylic acids is 5. The van der Waals surface area contributed by atoms with Gasteiger partial charge in [-0.25, -0.2) is 9.59 Å². The minimum atomic E-state index is -1.07. The maximum absolute atomic E-state index is 13.4. The molecule has 2 saturated carbocycles. The largest absolute Gasteiger partial charge is 0.465 e. The summed E-state index contributed by atoms with van der Waals surface area (Å²) in [5, 5.41) is 0. The molecule has 0 aromatic rings. The molecule has 1 saturated heterocycles. The van der Waals surface area contributed by atoms with Crippen LogP contribution in [0, 0.1) is 28.6 Å². The lowest BCUT2D eigenvalue weighted by molar-refractivity contribution is -0.260. The van der Waals surface area contributed by atoms with Gasteiger partial charge in [0.25, 0.3) is 0 Å². The van der Waals surface area contributed by atoms with Gasteiger partial charge in [0, 0.05) is 37.0 Å². The highest BCUT2D eigenvalue weighted by Crippen LogP contribution is 2.70. The van der Waals surface area contributed by atoms with Crippen molar-refractivity contribution < 1.29 is 52.4 Å². The Hall–Kier alpha value is -3.21. The fraction of sp³-hybridized carbons (Fsp3) is 0.735. The van der Waals surface area contributed by atoms with Crippen molar-refractivity contribution in [2.24, 2.45) is 28.6 Å². The minimum Gasteiger partial charge on any atom is -0.465 e. The lowest BCUT2D eigenvalue weighted by atomic mass is 9.42. The van der Waals surface area contributed by atoms with Crippen LogP contribution in [0.5, 0.6) is 0 Å². The zero-order valence-electron chi connectivity index (χ0n) is 27.8. The van der Waals surface area contributed by atoms with Gasteiger partial charge in [0.15, 0.2) is 0 Å². The summed E-state index contributed by atoms with van der Waals surface area (Å²) in [4.78, 5) is 63.6. The minimum absolute atomic E-state index is 0.0189. The molecule has 4 aliphatic rings. The second-order valence-electron chi connectivity index (χ2n) is 13.5. The second kappa shape index (κ2) is 13.3. The summed E-state index contributed by atoms with van der Waals surface area (Å²) in [6.07, 6.45) is 3.04. The lowest BCUT2D eigenvalue weighted by Gasteiger charge is -2.64. The third kappa shape index (κ3) is 6.55. The van der Waals surface area contributed by atoms with Crippen LogP contribution < -0.4 is 0 Å². The summed E-state index contributed by atoms with van der Waals surface area (Å²) in [6, 6.07) is 0. The van der Waals surface area contributed by atoms with Gasteiger partial charge >= 0.3 is 29.8 Å². The molecule has 0 N–H and O–H groups in total. The van der Waals surface area contributed by atoms with E-state index in [9.17, 15) is 24.0 Å². The van der Waals surface area contributed by atoms with Gasteiger partial charge < -0.3 is 28.4 Å². The highest BCUT2D eigenvalue weighted by molar-refractivity contribution is 5.88. The summed E-state index contributed by atoms with van der Waals surface area (Å²) in [5.41, 5.74) is -1.69. The van der Waals surface area contributed by atoms with Crippen molar-refractivity contribution in [2.75, 3.05) is 19.8 Å². The van der Waals surface area contributed by atoms with Gasteiger partial charge in [-0.3, -0.25) is 14.4 Å². The third-order valence-electron chi connectivity index (χ3n) is 10.9. The third-order valence-corrected chi connectivity index (χ3v) is 10.9. The van der Waals surface area contributed by atoms with Crippen molar-refractivity contribution >= 4 is 29.8 Å². The predicted octanol–water partition coefficient (Wildman–Crippen LogP) is 4.40. The van der Waals surface area contributed by atoms with Gasteiger partial charge in [-0.2, -0.15) is 0 Å². The molecule has 0 unspecified atom stereocenters. The Morgan fingerprint density at radius 2 is 1.82 bits per heavy atom. The van der Waals surface area contributed by atoms with E-state index in [1.807, 2.05) is 20.8 Å². The Morgan fingerprint density at radius 1 is 1.13 bits per heavy atom. The van der Waals surface area contributed by atoms with Gasteiger partial charge in [-0.05, 0) is 57.3 Å². The van der Waals surface area contributed by atoms with Gasteiger partial charge in [0.05, 0.1) is 17.9 Å². The van der Waals surface area contributed by atoms with Gasteiger partial charge in [0.2, 0.25) is 0 Å². The van der Waals surface area contributed by atoms with Crippen LogP contribution in [0.1, 0.15) is 87.5 Å². The van der Waals surface area contributed by atoms with Gasteiger partial charge in [-0.15, -0.1) is 0 Å². The molecular formula is C34H48O11. The Kier molecular flexibility index (Phi) is 10.2. The number of cyclic esters (lactones) is 1. The molecule has 45 heavy (non-hydrogen) atoms. The molecule has 4 rings (SSSR count). The number of carbonyl (C=O) groups is 5. The maximum Gasteiger partial charge on any atom is 0.333 e. The van der Waals surface area contributed by atoms with Crippen molar-refractivity contribution in [1.29, 1.82) is 0 Å². The molecule has 2 heterocycles. The van der Waals surface area contributed by atoms with Crippen molar-refractivity contribution in [3.8, 4) is 0 Å². The molecule has 11 nitrogen and oxygen atoms in total. The van der Waals surface area contributed by atoms with E-state index in [2.05, 4.69) is 6.92 Å². The fourth-order valence-corrected chi connectivity index (χ4v) is 7.84. The first-order valence-electron chi connectivity index (χ1n) is 16.0. The van der Waals surface area contributed by atoms with Crippen LogP contribution in [0.2, 0.25) is 0 Å². The summed E-state index contributed by atoms with van der Waals surface area (Å²) in [7, 11) is 0. The highest BCUT2D eigenvalue weighted by Gasteiger charge is 2.77. The SMILES string of the molecule is CC=C(C)C(=O)O[C@@H](C[C@@]1(C)[C@H](C)C[C@H](OC(C)=O)[C@]2(COC(C)=O)[C@@H]1[C@H](OC(=O)[C@@H](C)CC)CC[C@]21CO1)C1=CC(=O)OC1. The van der Waals surface area contributed by atoms with Gasteiger partial charge in [-0.1, -0.05) is 33.8 Å². The number of ether oxygens (including phenoxy) is 6. The molecular weight excluding hydrogens is 584 g/mol. The van der Waals surface area contributed by atoms with E-state index < -0.39 is 64.5 Å². The molecule has 0 aromatic carbocycles. The van der Waals surface area contributed by atoms with E-state index in [1.165, 1.54) is 19.9 Å². The van der Waals surface area contributed by atoms with E-state index in [0.717, 1.165) is 0 Å². The molecule has 11 heteroatoms. The summed E-state index contributed by atoms with van der Waals surface area (Å²) in [6.45, 7) is 14.1. The summed E-state index contributed by atoms with van der Waals surface area (Å²) in [5.74, 6) is -3.43. The number of fused-ring (bicyclic) bond motifs is 2. The first kappa shape index (κ1) is 34.7. The standard InChI is InChI=1S/C34H48O11/c1-9-19(3)30(38)44-25-11-12-33(17-42-33)34(18-41-22(6)35)27(43-23(7)36)13-21(5)32(8,29(25)34)15-26(24-14-28(37)40-16-24)45-31(39)20(4)10-2/h10,14,19,21,25-27,29H,9,11-13,15-18H2,1-8H3/t19-,21+,25+,26-,27-,29+,32-,33-,34+/m0/s1. The molecule has 2 aliphatic heterocycles. The number of hydrogen-bond donors (Lipinski definition) is 0. The first-order chi connectivity index (χ1) is 21.1. The quantitative estimate of drug-likeness (QED) is 0.138. The molecule has 0 bridgehead atoms. The molecule has 0 radical (unpaired) electrons. The Balaban J connectivity index is 1.90. The average molecular weight is 633 g/mol. The van der Waals surface area contributed by atoms with Crippen LogP contribution in [-0.2, 0) is 52.4 Å². The van der Waals surface area contributed by atoms with E-state index >= 15 is 0 Å². The van der Waals surface area contributed by atoms with Crippen LogP contribution in [0.25, 0.3) is 0 Å². The zero-order chi connectivity index (χ0) is 33.3. The van der Waals surface area contributed by atoms with Crippen LogP contribution >= 0.6 is 0 Å².